The average Bonchev–Trinajstić information content (AvgIpc) is 2.40. The Kier molecular flexibility index (Phi) is 10.3. The lowest BCUT2D eigenvalue weighted by molar-refractivity contribution is 0.583. The Bertz CT molecular complexity index is 425. The summed E-state index contributed by atoms with van der Waals surface area (Å²) in [6.45, 7) is 6.05. The van der Waals surface area contributed by atoms with Crippen molar-refractivity contribution in [3.63, 3.8) is 0 Å². The highest BCUT2D eigenvalue weighted by molar-refractivity contribution is 14.0. The quantitative estimate of drug-likeness (QED) is 0.440. The van der Waals surface area contributed by atoms with Crippen molar-refractivity contribution < 1.29 is 8.78 Å². The number of nitrogens with one attached hydrogen (secondary N) is 2. The molecule has 0 amide bonds. The molecule has 0 radical (unpaired) electrons. The van der Waals surface area contributed by atoms with E-state index in [2.05, 4.69) is 22.5 Å². The number of rotatable bonds is 6. The van der Waals surface area contributed by atoms with Gasteiger partial charge in [-0.05, 0) is 43.5 Å². The van der Waals surface area contributed by atoms with Crippen molar-refractivity contribution in [2.75, 3.05) is 19.6 Å². The van der Waals surface area contributed by atoms with Gasteiger partial charge in [-0.15, -0.1) is 24.0 Å². The number of nitrogens with zero attached hydrogens (tertiary/aromatic N) is 1. The first-order valence-electron chi connectivity index (χ1n) is 6.63. The Labute approximate surface area is 136 Å². The van der Waals surface area contributed by atoms with Crippen molar-refractivity contribution in [2.45, 2.75) is 26.7 Å². The lowest BCUT2D eigenvalue weighted by atomic mass is 10.1. The first-order chi connectivity index (χ1) is 9.17. The molecule has 1 aromatic rings. The van der Waals surface area contributed by atoms with Crippen LogP contribution < -0.4 is 10.6 Å². The molecule has 6 heteroatoms. The first-order valence-corrected chi connectivity index (χ1v) is 6.63. The summed E-state index contributed by atoms with van der Waals surface area (Å²) in [5, 5.41) is 6.20. The molecule has 0 saturated carbocycles. The molecule has 0 unspecified atom stereocenters. The standard InChI is InChI=1S/C14H21F2N3.HI/c1-3-8-18-14(17-4-2)19-9-7-11-10-12(15)5-6-13(11)16;/h5-6,10H,3-4,7-9H2,1-2H3,(H2,17,18,19);1H. The van der Waals surface area contributed by atoms with Gasteiger partial charge in [-0.2, -0.15) is 0 Å². The van der Waals surface area contributed by atoms with Crippen LogP contribution in [0.25, 0.3) is 0 Å². The second kappa shape index (κ2) is 10.8. The zero-order valence-electron chi connectivity index (χ0n) is 11.9. The van der Waals surface area contributed by atoms with E-state index in [1.807, 2.05) is 6.92 Å². The van der Waals surface area contributed by atoms with Gasteiger partial charge in [0.1, 0.15) is 11.6 Å². The molecule has 0 fully saturated rings. The monoisotopic (exact) mass is 397 g/mol. The third kappa shape index (κ3) is 7.02. The number of hydrogen-bond acceptors (Lipinski definition) is 1. The summed E-state index contributed by atoms with van der Waals surface area (Å²) >= 11 is 0. The first kappa shape index (κ1) is 19.1. The number of aliphatic imine (C=N–C) groups is 1. The highest BCUT2D eigenvalue weighted by Crippen LogP contribution is 2.09. The lowest BCUT2D eigenvalue weighted by Gasteiger charge is -2.11. The van der Waals surface area contributed by atoms with Crippen LogP contribution in [-0.2, 0) is 6.42 Å². The van der Waals surface area contributed by atoms with Crippen LogP contribution in [0.4, 0.5) is 8.78 Å². The van der Waals surface area contributed by atoms with E-state index in [-0.39, 0.29) is 29.8 Å². The third-order valence-electron chi connectivity index (χ3n) is 2.53. The van der Waals surface area contributed by atoms with Gasteiger partial charge >= 0.3 is 0 Å². The van der Waals surface area contributed by atoms with Crippen LogP contribution in [0.5, 0.6) is 0 Å². The maximum Gasteiger partial charge on any atom is 0.191 e. The Morgan fingerprint density at radius 1 is 1.20 bits per heavy atom. The van der Waals surface area contributed by atoms with Crippen molar-refractivity contribution >= 4 is 29.9 Å². The SMILES string of the molecule is CCCN=C(NCC)NCCc1cc(F)ccc1F.I. The van der Waals surface area contributed by atoms with Crippen molar-refractivity contribution in [1.29, 1.82) is 0 Å². The largest absolute Gasteiger partial charge is 0.357 e. The van der Waals surface area contributed by atoms with Crippen molar-refractivity contribution in [2.24, 2.45) is 4.99 Å². The molecule has 0 aliphatic rings. The minimum atomic E-state index is -0.414. The number of halogens is 3. The van der Waals surface area contributed by atoms with E-state index in [0.717, 1.165) is 31.6 Å². The van der Waals surface area contributed by atoms with Crippen molar-refractivity contribution in [3.05, 3.63) is 35.4 Å². The molecule has 0 spiro atoms. The van der Waals surface area contributed by atoms with Gasteiger partial charge in [0.2, 0.25) is 0 Å². The Hall–Kier alpha value is -0.920. The molecule has 20 heavy (non-hydrogen) atoms. The molecule has 0 aliphatic heterocycles. The molecule has 0 aromatic heterocycles. The average molecular weight is 397 g/mol. The summed E-state index contributed by atoms with van der Waals surface area (Å²) in [6.07, 6.45) is 1.38. The summed E-state index contributed by atoms with van der Waals surface area (Å²) in [5.74, 6) is -0.0807. The van der Waals surface area contributed by atoms with E-state index in [1.165, 1.54) is 6.07 Å². The molecule has 1 aromatic carbocycles. The fraction of sp³-hybridized carbons (Fsp3) is 0.500. The predicted octanol–water partition coefficient (Wildman–Crippen LogP) is 3.09. The van der Waals surface area contributed by atoms with Gasteiger partial charge in [-0.1, -0.05) is 6.92 Å². The molecule has 1 rings (SSSR count). The molecule has 2 N–H and O–H groups in total. The molecule has 0 bridgehead atoms. The second-order valence-electron chi connectivity index (χ2n) is 4.17. The summed E-state index contributed by atoms with van der Waals surface area (Å²) in [6, 6.07) is 3.51. The molecular formula is C14H22F2IN3. The van der Waals surface area contributed by atoms with E-state index in [4.69, 9.17) is 0 Å². The van der Waals surface area contributed by atoms with Crippen molar-refractivity contribution in [3.8, 4) is 0 Å². The molecule has 0 aliphatic carbocycles. The van der Waals surface area contributed by atoms with Crippen LogP contribution in [0.3, 0.4) is 0 Å². The molecule has 0 heterocycles. The summed E-state index contributed by atoms with van der Waals surface area (Å²) < 4.78 is 26.4. The van der Waals surface area contributed by atoms with Gasteiger partial charge < -0.3 is 10.6 Å². The van der Waals surface area contributed by atoms with Crippen LogP contribution in [0, 0.1) is 11.6 Å². The van der Waals surface area contributed by atoms with Gasteiger partial charge in [0.25, 0.3) is 0 Å². The number of benzene rings is 1. The van der Waals surface area contributed by atoms with Crippen LogP contribution in [-0.4, -0.2) is 25.6 Å². The maximum absolute atomic E-state index is 13.4. The highest BCUT2D eigenvalue weighted by Gasteiger charge is 2.04. The van der Waals surface area contributed by atoms with Gasteiger partial charge in [-0.3, -0.25) is 4.99 Å². The topological polar surface area (TPSA) is 36.4 Å². The second-order valence-corrected chi connectivity index (χ2v) is 4.17. The maximum atomic E-state index is 13.4. The van der Waals surface area contributed by atoms with Gasteiger partial charge in [0.15, 0.2) is 5.96 Å². The minimum Gasteiger partial charge on any atom is -0.357 e. The highest BCUT2D eigenvalue weighted by atomic mass is 127. The minimum absolute atomic E-state index is 0. The predicted molar refractivity (Wildman–Crippen MR) is 89.7 cm³/mol. The fourth-order valence-electron chi connectivity index (χ4n) is 1.62. The van der Waals surface area contributed by atoms with Crippen LogP contribution in [0.2, 0.25) is 0 Å². The summed E-state index contributed by atoms with van der Waals surface area (Å²) in [5.41, 5.74) is 0.374. The third-order valence-corrected chi connectivity index (χ3v) is 2.53. The van der Waals surface area contributed by atoms with Crippen LogP contribution in [0.1, 0.15) is 25.8 Å². The van der Waals surface area contributed by atoms with Gasteiger partial charge in [0, 0.05) is 19.6 Å². The molecule has 3 nitrogen and oxygen atoms in total. The summed E-state index contributed by atoms with van der Waals surface area (Å²) in [7, 11) is 0. The molecule has 0 saturated heterocycles. The Balaban J connectivity index is 0.00000361. The van der Waals surface area contributed by atoms with E-state index in [0.29, 0.717) is 24.5 Å². The van der Waals surface area contributed by atoms with Crippen LogP contribution in [0.15, 0.2) is 23.2 Å². The number of hydrogen-bond donors (Lipinski definition) is 2. The van der Waals surface area contributed by atoms with Gasteiger partial charge in [0.05, 0.1) is 0 Å². The zero-order valence-corrected chi connectivity index (χ0v) is 14.2. The fourth-order valence-corrected chi connectivity index (χ4v) is 1.62. The van der Waals surface area contributed by atoms with E-state index >= 15 is 0 Å². The molecular weight excluding hydrogens is 375 g/mol. The Morgan fingerprint density at radius 2 is 1.95 bits per heavy atom. The van der Waals surface area contributed by atoms with Gasteiger partial charge in [-0.25, -0.2) is 8.78 Å². The zero-order chi connectivity index (χ0) is 14.1. The normalized spacial score (nSPS) is 10.9. The molecule has 114 valence electrons. The lowest BCUT2D eigenvalue weighted by Crippen LogP contribution is -2.38. The van der Waals surface area contributed by atoms with E-state index in [1.54, 1.807) is 0 Å². The van der Waals surface area contributed by atoms with Crippen LogP contribution >= 0.6 is 24.0 Å². The van der Waals surface area contributed by atoms with Crippen molar-refractivity contribution in [1.82, 2.24) is 10.6 Å². The number of guanidine groups is 1. The van der Waals surface area contributed by atoms with E-state index < -0.39 is 5.82 Å². The smallest absolute Gasteiger partial charge is 0.191 e. The van der Waals surface area contributed by atoms with E-state index in [9.17, 15) is 8.78 Å². The Morgan fingerprint density at radius 3 is 2.60 bits per heavy atom. The summed E-state index contributed by atoms with van der Waals surface area (Å²) in [4.78, 5) is 4.33. The molecule has 0 atom stereocenters.